The molecule has 8 nitrogen and oxygen atoms in total. The molecule has 1 unspecified atom stereocenters. The van der Waals surface area contributed by atoms with Gasteiger partial charge in [0.05, 0.1) is 29.3 Å². The summed E-state index contributed by atoms with van der Waals surface area (Å²) in [6, 6.07) is 15.1. The fourth-order valence-electron chi connectivity index (χ4n) is 4.24. The molecule has 2 N–H and O–H groups in total. The number of rotatable bonds is 6. The lowest BCUT2D eigenvalue weighted by molar-refractivity contribution is -0.132. The van der Waals surface area contributed by atoms with Crippen LogP contribution < -0.4 is 9.64 Å². The Morgan fingerprint density at radius 3 is 2.69 bits per heavy atom. The summed E-state index contributed by atoms with van der Waals surface area (Å²) in [5.74, 6) is -1.04. The first kappa shape index (κ1) is 22.3. The van der Waals surface area contributed by atoms with E-state index in [0.29, 0.717) is 29.0 Å². The number of benzene rings is 2. The van der Waals surface area contributed by atoms with Gasteiger partial charge in [-0.15, -0.1) is 0 Å². The SMILES string of the molecule is CCCOc1cccc(/C(O)=C2\C(=O)C(=O)N(c3nc4ccc(C)cc4[nH]3)C2c2ccncc2)c1. The number of Topliss-reactive ketones (excluding diaryl/α,β-unsaturated/α-hetero) is 1. The molecule has 0 bridgehead atoms. The van der Waals surface area contributed by atoms with Crippen molar-refractivity contribution in [2.45, 2.75) is 26.3 Å². The summed E-state index contributed by atoms with van der Waals surface area (Å²) in [4.78, 5) is 39.7. The Morgan fingerprint density at radius 2 is 1.91 bits per heavy atom. The maximum atomic E-state index is 13.3. The Kier molecular flexibility index (Phi) is 5.78. The van der Waals surface area contributed by atoms with Gasteiger partial charge in [-0.25, -0.2) is 4.98 Å². The van der Waals surface area contributed by atoms with Crippen LogP contribution >= 0.6 is 0 Å². The van der Waals surface area contributed by atoms with E-state index in [1.54, 1.807) is 48.8 Å². The number of aromatic amines is 1. The first-order valence-electron chi connectivity index (χ1n) is 11.4. The zero-order valence-electron chi connectivity index (χ0n) is 19.4. The number of nitrogens with one attached hydrogen (secondary N) is 1. The Labute approximate surface area is 201 Å². The summed E-state index contributed by atoms with van der Waals surface area (Å²) in [5.41, 5.74) is 3.43. The molecule has 0 aliphatic carbocycles. The van der Waals surface area contributed by atoms with E-state index in [0.717, 1.165) is 17.5 Å². The number of hydrogen-bond acceptors (Lipinski definition) is 6. The Bertz CT molecular complexity index is 1460. The lowest BCUT2D eigenvalue weighted by Gasteiger charge is -2.22. The minimum Gasteiger partial charge on any atom is -0.507 e. The summed E-state index contributed by atoms with van der Waals surface area (Å²) in [6.07, 6.45) is 3.99. The number of aliphatic hydroxyl groups is 1. The quantitative estimate of drug-likeness (QED) is 0.242. The molecule has 0 spiro atoms. The van der Waals surface area contributed by atoms with Crippen molar-refractivity contribution < 1.29 is 19.4 Å². The number of fused-ring (bicyclic) bond motifs is 1. The van der Waals surface area contributed by atoms with Gasteiger partial charge >= 0.3 is 5.91 Å². The second kappa shape index (κ2) is 9.06. The van der Waals surface area contributed by atoms with Crippen LogP contribution in [0.25, 0.3) is 16.8 Å². The lowest BCUT2D eigenvalue weighted by atomic mass is 9.96. The minimum atomic E-state index is -0.889. The van der Waals surface area contributed by atoms with E-state index in [2.05, 4.69) is 15.0 Å². The number of aromatic nitrogens is 3. The highest BCUT2D eigenvalue weighted by atomic mass is 16.5. The normalized spacial score (nSPS) is 17.3. The van der Waals surface area contributed by atoms with Crippen LogP contribution in [-0.4, -0.2) is 38.4 Å². The third-order valence-corrected chi connectivity index (χ3v) is 5.90. The van der Waals surface area contributed by atoms with Gasteiger partial charge < -0.3 is 14.8 Å². The second-order valence-corrected chi connectivity index (χ2v) is 8.41. The number of carbonyl (C=O) groups excluding carboxylic acids is 2. The van der Waals surface area contributed by atoms with Crippen LogP contribution in [0.1, 0.15) is 36.1 Å². The largest absolute Gasteiger partial charge is 0.507 e. The van der Waals surface area contributed by atoms with Gasteiger partial charge in [0.2, 0.25) is 5.95 Å². The zero-order valence-corrected chi connectivity index (χ0v) is 19.4. The van der Waals surface area contributed by atoms with Crippen LogP contribution in [0, 0.1) is 6.92 Å². The number of ketones is 1. The third-order valence-electron chi connectivity index (χ3n) is 5.90. The standard InChI is InChI=1S/C27H24N4O4/c1-3-13-35-19-6-4-5-18(15-19)24(32)22-23(17-9-11-28-12-10-17)31(26(34)25(22)33)27-29-20-8-7-16(2)14-21(20)30-27/h4-12,14-15,23,32H,3,13H2,1-2H3,(H,29,30)/b24-22+. The molecule has 35 heavy (non-hydrogen) atoms. The molecular formula is C27H24N4O4. The fraction of sp³-hybridized carbons (Fsp3) is 0.185. The Morgan fingerprint density at radius 1 is 1.11 bits per heavy atom. The van der Waals surface area contributed by atoms with Crippen molar-refractivity contribution in [1.29, 1.82) is 0 Å². The number of carbonyl (C=O) groups is 2. The predicted molar refractivity (Wildman–Crippen MR) is 132 cm³/mol. The first-order chi connectivity index (χ1) is 17.0. The number of nitrogens with zero attached hydrogens (tertiary/aromatic N) is 3. The highest BCUT2D eigenvalue weighted by molar-refractivity contribution is 6.51. The number of imidazole rings is 1. The highest BCUT2D eigenvalue weighted by Crippen LogP contribution is 2.41. The molecular weight excluding hydrogens is 444 g/mol. The molecule has 1 amide bonds. The molecule has 1 fully saturated rings. The van der Waals surface area contributed by atoms with Crippen LogP contribution in [0.3, 0.4) is 0 Å². The number of ether oxygens (including phenoxy) is 1. The van der Waals surface area contributed by atoms with E-state index < -0.39 is 17.7 Å². The first-order valence-corrected chi connectivity index (χ1v) is 11.4. The Balaban J connectivity index is 1.67. The van der Waals surface area contributed by atoms with E-state index in [9.17, 15) is 14.7 Å². The molecule has 1 aliphatic rings. The second-order valence-electron chi connectivity index (χ2n) is 8.41. The van der Waals surface area contributed by atoms with Crippen molar-refractivity contribution in [2.75, 3.05) is 11.5 Å². The van der Waals surface area contributed by atoms with Crippen LogP contribution in [0.4, 0.5) is 5.95 Å². The van der Waals surface area contributed by atoms with Crippen molar-refractivity contribution >= 4 is 34.4 Å². The molecule has 2 aromatic carbocycles. The molecule has 1 saturated heterocycles. The van der Waals surface area contributed by atoms with Gasteiger partial charge in [-0.3, -0.25) is 19.5 Å². The molecule has 1 atom stereocenters. The van der Waals surface area contributed by atoms with Gasteiger partial charge in [-0.1, -0.05) is 25.1 Å². The highest BCUT2D eigenvalue weighted by Gasteiger charge is 2.48. The Hall–Kier alpha value is -4.46. The van der Waals surface area contributed by atoms with Crippen molar-refractivity contribution in [3.63, 3.8) is 0 Å². The average molecular weight is 469 g/mol. The van der Waals surface area contributed by atoms with E-state index in [4.69, 9.17) is 4.74 Å². The number of hydrogen-bond donors (Lipinski definition) is 2. The van der Waals surface area contributed by atoms with Crippen molar-refractivity contribution in [3.8, 4) is 5.75 Å². The number of anilines is 1. The van der Waals surface area contributed by atoms with E-state index in [1.165, 1.54) is 4.90 Å². The zero-order chi connectivity index (χ0) is 24.5. The number of pyridine rings is 1. The van der Waals surface area contributed by atoms with Crippen LogP contribution in [-0.2, 0) is 9.59 Å². The summed E-state index contributed by atoms with van der Waals surface area (Å²) < 4.78 is 5.68. The van der Waals surface area contributed by atoms with E-state index in [-0.39, 0.29) is 17.3 Å². The number of amides is 1. The topological polar surface area (TPSA) is 108 Å². The molecule has 0 saturated carbocycles. The van der Waals surface area contributed by atoms with Gasteiger partial charge in [0.15, 0.2) is 0 Å². The van der Waals surface area contributed by atoms with E-state index >= 15 is 0 Å². The number of aryl methyl sites for hydroxylation is 1. The van der Waals surface area contributed by atoms with Gasteiger partial charge in [-0.05, 0) is 60.9 Å². The molecule has 176 valence electrons. The van der Waals surface area contributed by atoms with E-state index in [1.807, 2.05) is 32.0 Å². The monoisotopic (exact) mass is 468 g/mol. The van der Waals surface area contributed by atoms with Crippen LogP contribution in [0.5, 0.6) is 5.75 Å². The maximum absolute atomic E-state index is 13.3. The van der Waals surface area contributed by atoms with Gasteiger partial charge in [-0.2, -0.15) is 0 Å². The third kappa shape index (κ3) is 4.03. The average Bonchev–Trinajstić information content (AvgIpc) is 3.40. The minimum absolute atomic E-state index is 0.0227. The number of H-pyrrole nitrogens is 1. The summed E-state index contributed by atoms with van der Waals surface area (Å²) in [5, 5.41) is 11.3. The van der Waals surface area contributed by atoms with Crippen molar-refractivity contribution in [2.24, 2.45) is 0 Å². The van der Waals surface area contributed by atoms with Gasteiger partial charge in [0, 0.05) is 18.0 Å². The smallest absolute Gasteiger partial charge is 0.302 e. The molecule has 3 heterocycles. The molecule has 1 aliphatic heterocycles. The predicted octanol–water partition coefficient (Wildman–Crippen LogP) is 4.68. The van der Waals surface area contributed by atoms with Crippen LogP contribution in [0.15, 0.2) is 72.6 Å². The van der Waals surface area contributed by atoms with Gasteiger partial charge in [0.25, 0.3) is 5.78 Å². The van der Waals surface area contributed by atoms with Crippen molar-refractivity contribution in [1.82, 2.24) is 15.0 Å². The summed E-state index contributed by atoms with van der Waals surface area (Å²) in [6.45, 7) is 4.48. The molecule has 8 heteroatoms. The summed E-state index contributed by atoms with van der Waals surface area (Å²) in [7, 11) is 0. The molecule has 5 rings (SSSR count). The maximum Gasteiger partial charge on any atom is 0.302 e. The van der Waals surface area contributed by atoms with Crippen molar-refractivity contribution in [3.05, 3.63) is 89.3 Å². The molecule has 4 aromatic rings. The fourth-order valence-corrected chi connectivity index (χ4v) is 4.24. The van der Waals surface area contributed by atoms with Crippen LogP contribution in [0.2, 0.25) is 0 Å². The molecule has 0 radical (unpaired) electrons. The lowest BCUT2D eigenvalue weighted by Crippen LogP contribution is -2.30. The van der Waals surface area contributed by atoms with Gasteiger partial charge in [0.1, 0.15) is 11.5 Å². The number of aliphatic hydroxyl groups excluding tert-OH is 1. The summed E-state index contributed by atoms with van der Waals surface area (Å²) >= 11 is 0. The molecule has 2 aromatic heterocycles.